The minimum absolute atomic E-state index is 0.0969. The van der Waals surface area contributed by atoms with Gasteiger partial charge in [0.15, 0.2) is 5.11 Å². The topological polar surface area (TPSA) is 67.4 Å². The average molecular weight is 406 g/mol. The van der Waals surface area contributed by atoms with Crippen LogP contribution in [-0.2, 0) is 14.3 Å². The number of carbonyl (C=O) groups excluding carboxylic acids is 2. The minimum atomic E-state index is -1.48. The first-order chi connectivity index (χ1) is 13.3. The van der Waals surface area contributed by atoms with Crippen LogP contribution in [-0.4, -0.2) is 24.0 Å². The first kappa shape index (κ1) is 19.6. The molecular formula is C19H13F3N2O3S. The summed E-state index contributed by atoms with van der Waals surface area (Å²) in [4.78, 5) is 24.6. The van der Waals surface area contributed by atoms with Gasteiger partial charge in [0.2, 0.25) is 0 Å². The van der Waals surface area contributed by atoms with Crippen LogP contribution in [0.15, 0.2) is 48.0 Å². The van der Waals surface area contributed by atoms with E-state index in [0.29, 0.717) is 0 Å². The van der Waals surface area contributed by atoms with E-state index in [1.54, 1.807) is 0 Å². The number of nitrogens with one attached hydrogen (secondary N) is 2. The lowest BCUT2D eigenvalue weighted by Gasteiger charge is -2.31. The third-order valence-corrected chi connectivity index (χ3v) is 4.34. The molecule has 1 atom stereocenters. The molecule has 1 heterocycles. The minimum Gasteiger partial charge on any atom is -0.463 e. The molecule has 1 aliphatic heterocycles. The van der Waals surface area contributed by atoms with Crippen LogP contribution in [0.5, 0.6) is 0 Å². The first-order valence-electron chi connectivity index (χ1n) is 7.98. The number of thiocarbonyl (C=S) groups is 1. The van der Waals surface area contributed by atoms with Gasteiger partial charge >= 0.3 is 5.97 Å². The summed E-state index contributed by atoms with van der Waals surface area (Å²) in [5.41, 5.74) is -1.23. The van der Waals surface area contributed by atoms with Crippen LogP contribution in [0.3, 0.4) is 0 Å². The number of ether oxygens (including phenoxy) is 1. The van der Waals surface area contributed by atoms with E-state index in [4.69, 9.17) is 12.2 Å². The number of carbonyl (C=O) groups is 2. The van der Waals surface area contributed by atoms with Gasteiger partial charge in [0, 0.05) is 5.56 Å². The third-order valence-electron chi connectivity index (χ3n) is 4.12. The lowest BCUT2D eigenvalue weighted by molar-refractivity contribution is -0.150. The number of hydrogen-bond donors (Lipinski definition) is 2. The number of ketones is 1. The van der Waals surface area contributed by atoms with Crippen LogP contribution < -0.4 is 10.6 Å². The Hall–Kier alpha value is -3.20. The van der Waals surface area contributed by atoms with Crippen LogP contribution >= 0.6 is 12.2 Å². The summed E-state index contributed by atoms with van der Waals surface area (Å²) in [7, 11) is 0.983. The number of methoxy groups -OCH3 is 1. The van der Waals surface area contributed by atoms with E-state index in [2.05, 4.69) is 15.4 Å². The molecule has 3 rings (SSSR count). The smallest absolute Gasteiger partial charge is 0.379 e. The van der Waals surface area contributed by atoms with Gasteiger partial charge in [-0.15, -0.1) is 0 Å². The van der Waals surface area contributed by atoms with Crippen molar-refractivity contribution in [3.05, 3.63) is 76.6 Å². The second-order valence-corrected chi connectivity index (χ2v) is 6.16. The van der Waals surface area contributed by atoms with Crippen molar-refractivity contribution in [1.29, 1.82) is 0 Å². The second kappa shape index (κ2) is 7.81. The molecule has 0 spiro atoms. The van der Waals surface area contributed by atoms with Gasteiger partial charge in [-0.05, 0) is 36.5 Å². The maximum Gasteiger partial charge on any atom is 0.379 e. The number of esters is 1. The largest absolute Gasteiger partial charge is 0.463 e. The summed E-state index contributed by atoms with van der Waals surface area (Å²) in [5.74, 6) is -5.13. The van der Waals surface area contributed by atoms with Gasteiger partial charge in [0.05, 0.1) is 30.0 Å². The number of rotatable bonds is 4. The lowest BCUT2D eigenvalue weighted by Crippen LogP contribution is -2.46. The number of Topliss-reactive ketones (excluding diaryl/α,β-unsaturated/α-hetero) is 1. The highest BCUT2D eigenvalue weighted by molar-refractivity contribution is 7.80. The number of halogens is 3. The van der Waals surface area contributed by atoms with Crippen molar-refractivity contribution in [2.75, 3.05) is 7.11 Å². The Balaban J connectivity index is 2.33. The van der Waals surface area contributed by atoms with E-state index < -0.39 is 46.4 Å². The highest BCUT2D eigenvalue weighted by atomic mass is 32.1. The number of hydrogen-bond acceptors (Lipinski definition) is 4. The fourth-order valence-electron chi connectivity index (χ4n) is 2.89. The summed E-state index contributed by atoms with van der Waals surface area (Å²) >= 11 is 5.07. The van der Waals surface area contributed by atoms with Gasteiger partial charge in [0.1, 0.15) is 17.5 Å². The summed E-state index contributed by atoms with van der Waals surface area (Å²) in [6.07, 6.45) is 0. The van der Waals surface area contributed by atoms with Crippen molar-refractivity contribution in [3.8, 4) is 0 Å². The maximum atomic E-state index is 14.4. The third kappa shape index (κ3) is 3.48. The molecule has 0 bridgehead atoms. The van der Waals surface area contributed by atoms with Crippen molar-refractivity contribution in [1.82, 2.24) is 10.6 Å². The summed E-state index contributed by atoms with van der Waals surface area (Å²) < 4.78 is 47.7. The first-order valence-corrected chi connectivity index (χ1v) is 8.39. The van der Waals surface area contributed by atoms with Crippen LogP contribution in [0.25, 0.3) is 5.70 Å². The fourth-order valence-corrected chi connectivity index (χ4v) is 3.11. The van der Waals surface area contributed by atoms with E-state index in [9.17, 15) is 22.8 Å². The summed E-state index contributed by atoms with van der Waals surface area (Å²) in [5, 5.41) is 5.08. The SMILES string of the molecule is COC(=O)C(=O)C1=C(c2ccccc2F)NC(=S)N[C@@H]1c1c(F)cccc1F. The van der Waals surface area contributed by atoms with Gasteiger partial charge in [-0.1, -0.05) is 18.2 Å². The van der Waals surface area contributed by atoms with Crippen molar-refractivity contribution < 1.29 is 27.5 Å². The van der Waals surface area contributed by atoms with Gasteiger partial charge < -0.3 is 15.4 Å². The van der Waals surface area contributed by atoms with Gasteiger partial charge in [0.25, 0.3) is 5.78 Å². The molecule has 144 valence electrons. The van der Waals surface area contributed by atoms with Crippen molar-refractivity contribution >= 4 is 34.8 Å². The van der Waals surface area contributed by atoms with Crippen LogP contribution in [0.1, 0.15) is 17.2 Å². The molecule has 0 amide bonds. The van der Waals surface area contributed by atoms with Gasteiger partial charge in [-0.3, -0.25) is 4.79 Å². The standard InChI is InChI=1S/C19H13F3N2O3S/c1-27-18(26)17(25)14-15(9-5-2-3-6-10(9)20)23-19(28)24-16(14)13-11(21)7-4-8-12(13)22/h2-8,16H,1H3,(H2,23,24,28)/t16-/m1/s1. The molecular weight excluding hydrogens is 393 g/mol. The molecule has 5 nitrogen and oxygen atoms in total. The molecule has 2 aromatic rings. The van der Waals surface area contributed by atoms with E-state index in [1.807, 2.05) is 0 Å². The molecule has 0 radical (unpaired) electrons. The predicted octanol–water partition coefficient (Wildman–Crippen LogP) is 2.78. The van der Waals surface area contributed by atoms with Gasteiger partial charge in [-0.25, -0.2) is 18.0 Å². The normalized spacial score (nSPS) is 16.3. The van der Waals surface area contributed by atoms with E-state index >= 15 is 0 Å². The molecule has 0 saturated carbocycles. The monoisotopic (exact) mass is 406 g/mol. The van der Waals surface area contributed by atoms with E-state index in [0.717, 1.165) is 31.4 Å². The molecule has 0 aromatic heterocycles. The zero-order chi connectivity index (χ0) is 20.4. The van der Waals surface area contributed by atoms with Crippen molar-refractivity contribution in [2.24, 2.45) is 0 Å². The molecule has 1 aliphatic rings. The van der Waals surface area contributed by atoms with E-state index in [-0.39, 0.29) is 16.4 Å². The molecule has 2 N–H and O–H groups in total. The molecule has 0 fully saturated rings. The van der Waals surface area contributed by atoms with Crippen LogP contribution in [0, 0.1) is 17.5 Å². The highest BCUT2D eigenvalue weighted by Crippen LogP contribution is 2.35. The highest BCUT2D eigenvalue weighted by Gasteiger charge is 2.38. The molecule has 2 aromatic carbocycles. The van der Waals surface area contributed by atoms with Crippen molar-refractivity contribution in [2.45, 2.75) is 6.04 Å². The Morgan fingerprint density at radius 3 is 2.21 bits per heavy atom. The zero-order valence-corrected chi connectivity index (χ0v) is 15.2. The fraction of sp³-hybridized carbons (Fsp3) is 0.105. The molecule has 0 saturated heterocycles. The maximum absolute atomic E-state index is 14.4. The second-order valence-electron chi connectivity index (χ2n) is 5.76. The van der Waals surface area contributed by atoms with Crippen LogP contribution in [0.4, 0.5) is 13.2 Å². The number of benzene rings is 2. The van der Waals surface area contributed by atoms with Crippen molar-refractivity contribution in [3.63, 3.8) is 0 Å². The Morgan fingerprint density at radius 1 is 1.00 bits per heavy atom. The molecule has 0 aliphatic carbocycles. The molecule has 28 heavy (non-hydrogen) atoms. The lowest BCUT2D eigenvalue weighted by atomic mass is 9.89. The predicted molar refractivity (Wildman–Crippen MR) is 98.3 cm³/mol. The Kier molecular flexibility index (Phi) is 5.46. The Bertz CT molecular complexity index is 1000. The summed E-state index contributed by atoms with van der Waals surface area (Å²) in [6, 6.07) is 7.06. The Morgan fingerprint density at radius 2 is 1.61 bits per heavy atom. The average Bonchev–Trinajstić information content (AvgIpc) is 2.66. The Labute approximate surface area is 163 Å². The van der Waals surface area contributed by atoms with Crippen LogP contribution in [0.2, 0.25) is 0 Å². The molecule has 0 unspecified atom stereocenters. The summed E-state index contributed by atoms with van der Waals surface area (Å²) in [6.45, 7) is 0. The molecule has 9 heteroatoms. The quantitative estimate of drug-likeness (QED) is 0.463. The van der Waals surface area contributed by atoms with Gasteiger partial charge in [-0.2, -0.15) is 0 Å². The van der Waals surface area contributed by atoms with E-state index in [1.165, 1.54) is 18.2 Å². The zero-order valence-electron chi connectivity index (χ0n) is 14.4.